The highest BCUT2D eigenvalue weighted by atomic mass is 127. The molecule has 3 nitrogen and oxygen atoms in total. The zero-order chi connectivity index (χ0) is 11.4. The van der Waals surface area contributed by atoms with E-state index in [9.17, 15) is 0 Å². The highest BCUT2D eigenvalue weighted by Crippen LogP contribution is 2.19. The Kier molecular flexibility index (Phi) is 3.95. The molecule has 0 aliphatic rings. The minimum absolute atomic E-state index is 0.330. The Hall–Kier alpha value is -0.880. The van der Waals surface area contributed by atoms with Crippen LogP contribution < -0.4 is 4.74 Å². The van der Waals surface area contributed by atoms with Crippen molar-refractivity contribution >= 4 is 34.2 Å². The molecule has 0 bridgehead atoms. The van der Waals surface area contributed by atoms with Gasteiger partial charge in [0.1, 0.15) is 5.75 Å². The van der Waals surface area contributed by atoms with E-state index in [0.717, 1.165) is 14.9 Å². The van der Waals surface area contributed by atoms with Gasteiger partial charge in [-0.15, -0.1) is 11.6 Å². The van der Waals surface area contributed by atoms with Gasteiger partial charge in [0, 0.05) is 21.5 Å². The Morgan fingerprint density at radius 1 is 1.25 bits per heavy atom. The van der Waals surface area contributed by atoms with Gasteiger partial charge in [-0.3, -0.25) is 0 Å². The van der Waals surface area contributed by atoms with Crippen LogP contribution in [-0.4, -0.2) is 9.97 Å². The van der Waals surface area contributed by atoms with Crippen LogP contribution in [0.25, 0.3) is 0 Å². The van der Waals surface area contributed by atoms with E-state index in [1.54, 1.807) is 12.4 Å². The smallest absolute Gasteiger partial charge is 0.321 e. The first-order valence-corrected chi connectivity index (χ1v) is 6.19. The van der Waals surface area contributed by atoms with Crippen LogP contribution in [-0.2, 0) is 5.88 Å². The highest BCUT2D eigenvalue weighted by Gasteiger charge is 2.00. The third kappa shape index (κ3) is 3.05. The number of alkyl halides is 1. The van der Waals surface area contributed by atoms with Crippen molar-refractivity contribution in [2.24, 2.45) is 0 Å². The molecule has 0 atom stereocenters. The molecule has 16 heavy (non-hydrogen) atoms. The first kappa shape index (κ1) is 11.6. The van der Waals surface area contributed by atoms with Crippen LogP contribution in [0.4, 0.5) is 0 Å². The summed E-state index contributed by atoms with van der Waals surface area (Å²) in [6, 6.07) is 8.02. The molecule has 0 radical (unpaired) electrons. The van der Waals surface area contributed by atoms with Gasteiger partial charge in [0.25, 0.3) is 0 Å². The summed E-state index contributed by atoms with van der Waals surface area (Å²) in [5.41, 5.74) is 0.872. The summed E-state index contributed by atoms with van der Waals surface area (Å²) < 4.78 is 6.59. The maximum atomic E-state index is 5.64. The van der Waals surface area contributed by atoms with Crippen LogP contribution in [0.5, 0.6) is 11.8 Å². The molecule has 2 aromatic rings. The van der Waals surface area contributed by atoms with Gasteiger partial charge in [-0.25, -0.2) is 9.97 Å². The number of nitrogens with zero attached hydrogens (tertiary/aromatic N) is 2. The van der Waals surface area contributed by atoms with E-state index < -0.39 is 0 Å². The molecular formula is C11H8ClIN2O. The zero-order valence-electron chi connectivity index (χ0n) is 8.23. The van der Waals surface area contributed by atoms with Crippen LogP contribution in [0.3, 0.4) is 0 Å². The molecule has 0 amide bonds. The molecule has 1 aromatic carbocycles. The van der Waals surface area contributed by atoms with Gasteiger partial charge >= 0.3 is 6.01 Å². The van der Waals surface area contributed by atoms with Gasteiger partial charge in [0.15, 0.2) is 0 Å². The largest absolute Gasteiger partial charge is 0.424 e. The number of aromatic nitrogens is 2. The third-order valence-corrected chi connectivity index (χ3v) is 2.82. The van der Waals surface area contributed by atoms with Crippen LogP contribution in [0.1, 0.15) is 5.56 Å². The molecule has 1 aromatic heterocycles. The number of hydrogen-bond acceptors (Lipinski definition) is 3. The lowest BCUT2D eigenvalue weighted by atomic mass is 10.3. The van der Waals surface area contributed by atoms with E-state index in [1.165, 1.54) is 0 Å². The molecule has 5 heteroatoms. The van der Waals surface area contributed by atoms with Crippen molar-refractivity contribution in [2.75, 3.05) is 0 Å². The Bertz CT molecular complexity index is 476. The van der Waals surface area contributed by atoms with Gasteiger partial charge in [-0.2, -0.15) is 0 Å². The number of rotatable bonds is 3. The molecule has 0 N–H and O–H groups in total. The van der Waals surface area contributed by atoms with Crippen molar-refractivity contribution in [1.82, 2.24) is 9.97 Å². The number of benzene rings is 1. The average Bonchev–Trinajstić information content (AvgIpc) is 2.30. The van der Waals surface area contributed by atoms with Gasteiger partial charge in [0.2, 0.25) is 0 Å². The summed E-state index contributed by atoms with van der Waals surface area (Å²) in [6.45, 7) is 0. The van der Waals surface area contributed by atoms with Crippen LogP contribution in [0.2, 0.25) is 0 Å². The molecule has 82 valence electrons. The first-order valence-electron chi connectivity index (χ1n) is 4.58. The number of ether oxygens (including phenoxy) is 1. The summed E-state index contributed by atoms with van der Waals surface area (Å²) in [5.74, 6) is 1.13. The molecule has 0 saturated heterocycles. The fourth-order valence-corrected chi connectivity index (χ4v) is 1.75. The highest BCUT2D eigenvalue weighted by molar-refractivity contribution is 14.1. The second-order valence-corrected chi connectivity index (χ2v) is 4.58. The lowest BCUT2D eigenvalue weighted by Crippen LogP contribution is -1.92. The van der Waals surface area contributed by atoms with E-state index >= 15 is 0 Å². The molecule has 1 heterocycles. The van der Waals surface area contributed by atoms with Crippen molar-refractivity contribution in [2.45, 2.75) is 5.88 Å². The monoisotopic (exact) mass is 346 g/mol. The summed E-state index contributed by atoms with van der Waals surface area (Å²) in [5, 5.41) is 0. The second kappa shape index (κ2) is 5.45. The van der Waals surface area contributed by atoms with E-state index in [1.807, 2.05) is 24.3 Å². The molecule has 0 spiro atoms. The van der Waals surface area contributed by atoms with Crippen molar-refractivity contribution in [3.8, 4) is 11.8 Å². The van der Waals surface area contributed by atoms with Crippen molar-refractivity contribution in [3.05, 3.63) is 45.8 Å². The van der Waals surface area contributed by atoms with Gasteiger partial charge in [-0.1, -0.05) is 6.07 Å². The van der Waals surface area contributed by atoms with E-state index in [-0.39, 0.29) is 0 Å². The summed E-state index contributed by atoms with van der Waals surface area (Å²) in [4.78, 5) is 8.11. The molecular weight excluding hydrogens is 338 g/mol. The van der Waals surface area contributed by atoms with Gasteiger partial charge in [-0.05, 0) is 40.8 Å². The summed E-state index contributed by atoms with van der Waals surface area (Å²) in [6.07, 6.45) is 3.31. The summed E-state index contributed by atoms with van der Waals surface area (Å²) in [7, 11) is 0. The quantitative estimate of drug-likeness (QED) is 0.629. The maximum Gasteiger partial charge on any atom is 0.321 e. The SMILES string of the molecule is ClCc1cnc(Oc2cccc(I)c2)nc1. The Balaban J connectivity index is 2.14. The predicted molar refractivity (Wildman–Crippen MR) is 70.8 cm³/mol. The Morgan fingerprint density at radius 3 is 2.62 bits per heavy atom. The van der Waals surface area contributed by atoms with Crippen LogP contribution in [0, 0.1) is 3.57 Å². The molecule has 0 aliphatic heterocycles. The van der Waals surface area contributed by atoms with Crippen molar-refractivity contribution in [1.29, 1.82) is 0 Å². The van der Waals surface area contributed by atoms with Crippen molar-refractivity contribution in [3.63, 3.8) is 0 Å². The second-order valence-electron chi connectivity index (χ2n) is 3.07. The normalized spacial score (nSPS) is 10.1. The first-order chi connectivity index (χ1) is 7.78. The molecule has 0 aliphatic carbocycles. The van der Waals surface area contributed by atoms with Crippen molar-refractivity contribution < 1.29 is 4.74 Å². The molecule has 0 saturated carbocycles. The lowest BCUT2D eigenvalue weighted by molar-refractivity contribution is 0.441. The maximum absolute atomic E-state index is 5.64. The zero-order valence-corrected chi connectivity index (χ0v) is 11.1. The fraction of sp³-hybridized carbons (Fsp3) is 0.0909. The fourth-order valence-electron chi connectivity index (χ4n) is 1.10. The molecule has 0 unspecified atom stereocenters. The number of hydrogen-bond donors (Lipinski definition) is 0. The standard InChI is InChI=1S/C11H8ClIN2O/c12-5-8-6-14-11(15-7-8)16-10-3-1-2-9(13)4-10/h1-4,6-7H,5H2. The van der Waals surface area contributed by atoms with Crippen LogP contribution >= 0.6 is 34.2 Å². The van der Waals surface area contributed by atoms with E-state index in [4.69, 9.17) is 16.3 Å². The lowest BCUT2D eigenvalue weighted by Gasteiger charge is -2.03. The minimum Gasteiger partial charge on any atom is -0.424 e. The Labute approximate surface area is 112 Å². The predicted octanol–water partition coefficient (Wildman–Crippen LogP) is 3.61. The Morgan fingerprint density at radius 2 is 2.00 bits per heavy atom. The topological polar surface area (TPSA) is 35.0 Å². The minimum atomic E-state index is 0.330. The van der Waals surface area contributed by atoms with E-state index in [2.05, 4.69) is 32.6 Å². The van der Waals surface area contributed by atoms with Gasteiger partial charge < -0.3 is 4.74 Å². The molecule has 0 fully saturated rings. The molecule has 2 rings (SSSR count). The van der Waals surface area contributed by atoms with Crippen LogP contribution in [0.15, 0.2) is 36.7 Å². The summed E-state index contributed by atoms with van der Waals surface area (Å²) >= 11 is 7.86. The number of halogens is 2. The average molecular weight is 347 g/mol. The third-order valence-electron chi connectivity index (χ3n) is 1.84. The van der Waals surface area contributed by atoms with E-state index in [0.29, 0.717) is 11.9 Å². The van der Waals surface area contributed by atoms with Gasteiger partial charge in [0.05, 0.1) is 5.88 Å².